The van der Waals surface area contributed by atoms with Crippen molar-refractivity contribution >= 4 is 17.7 Å². The van der Waals surface area contributed by atoms with Crippen LogP contribution in [0.5, 0.6) is 5.75 Å². The van der Waals surface area contributed by atoms with Crippen molar-refractivity contribution in [1.29, 1.82) is 0 Å². The maximum Gasteiger partial charge on any atom is 0.243 e. The van der Waals surface area contributed by atoms with Crippen LogP contribution in [0.15, 0.2) is 24.3 Å². The predicted octanol–water partition coefficient (Wildman–Crippen LogP) is 4.48. The van der Waals surface area contributed by atoms with Crippen molar-refractivity contribution < 1.29 is 25.0 Å². The van der Waals surface area contributed by atoms with Gasteiger partial charge >= 0.3 is 0 Å². The van der Waals surface area contributed by atoms with E-state index in [4.69, 9.17) is 9.94 Å². The lowest BCUT2D eigenvalue weighted by atomic mass is 9.85. The van der Waals surface area contributed by atoms with Crippen molar-refractivity contribution in [2.75, 3.05) is 6.26 Å². The number of nitrogens with one attached hydrogen (secondary N) is 1. The largest absolute Gasteiger partial charge is 0.489 e. The summed E-state index contributed by atoms with van der Waals surface area (Å²) >= 11 is 1.80. The second-order valence-electron chi connectivity index (χ2n) is 9.13. The molecule has 1 aromatic carbocycles. The molecule has 6 unspecified atom stereocenters. The molecule has 0 spiro atoms. The summed E-state index contributed by atoms with van der Waals surface area (Å²) in [6.45, 7) is 4.17. The SMILES string of the molecule is CSC(CCC1C(O)CC(O)C1CCCCCCC(=O)NO)C(C)Oc1ccccc1C. The zero-order valence-electron chi connectivity index (χ0n) is 19.7. The monoisotopic (exact) mass is 467 g/mol. The summed E-state index contributed by atoms with van der Waals surface area (Å²) in [5.41, 5.74) is 2.79. The molecule has 1 aromatic rings. The topological polar surface area (TPSA) is 99.0 Å². The van der Waals surface area contributed by atoms with Crippen LogP contribution in [0.2, 0.25) is 0 Å². The van der Waals surface area contributed by atoms with Gasteiger partial charge in [0.1, 0.15) is 11.9 Å². The molecule has 1 aliphatic carbocycles. The van der Waals surface area contributed by atoms with Gasteiger partial charge in [0.2, 0.25) is 5.91 Å². The molecular formula is C25H41NO5S. The summed E-state index contributed by atoms with van der Waals surface area (Å²) < 4.78 is 6.24. The summed E-state index contributed by atoms with van der Waals surface area (Å²) in [5.74, 6) is 0.819. The number of carbonyl (C=O) groups excluding carboxylic acids is 1. The van der Waals surface area contributed by atoms with Crippen LogP contribution in [-0.2, 0) is 4.79 Å². The number of benzene rings is 1. The Hall–Kier alpha value is -1.28. The van der Waals surface area contributed by atoms with Gasteiger partial charge in [0.25, 0.3) is 0 Å². The number of para-hydroxylation sites is 1. The molecule has 182 valence electrons. The van der Waals surface area contributed by atoms with Gasteiger partial charge in [0.15, 0.2) is 0 Å². The van der Waals surface area contributed by atoms with Gasteiger partial charge in [-0.3, -0.25) is 10.0 Å². The molecule has 0 aromatic heterocycles. The Bertz CT molecular complexity index is 688. The molecule has 0 saturated heterocycles. The number of aliphatic hydroxyl groups excluding tert-OH is 2. The van der Waals surface area contributed by atoms with Gasteiger partial charge < -0.3 is 14.9 Å². The highest BCUT2D eigenvalue weighted by Crippen LogP contribution is 2.40. The molecule has 6 atom stereocenters. The summed E-state index contributed by atoms with van der Waals surface area (Å²) in [5, 5.41) is 30.0. The minimum Gasteiger partial charge on any atom is -0.489 e. The molecule has 0 radical (unpaired) electrons. The minimum absolute atomic E-state index is 0.0594. The fraction of sp³-hybridized carbons (Fsp3) is 0.720. The standard InChI is InChI=1S/C25H41NO5S/c1-17-10-8-9-12-23(17)31-18(2)24(32-3)15-14-20-19(21(27)16-22(20)28)11-6-4-5-7-13-25(29)26-30/h8-10,12,18-22,24,27-28,30H,4-7,11,13-16H2,1-3H3,(H,26,29). The number of thioether (sulfide) groups is 1. The van der Waals surface area contributed by atoms with Crippen LogP contribution in [0.4, 0.5) is 0 Å². The number of hydrogen-bond donors (Lipinski definition) is 4. The van der Waals surface area contributed by atoms with E-state index < -0.39 is 12.2 Å². The first kappa shape index (κ1) is 27.0. The summed E-state index contributed by atoms with van der Waals surface area (Å²) in [6.07, 6.45) is 8.43. The molecule has 0 aliphatic heterocycles. The lowest BCUT2D eigenvalue weighted by Gasteiger charge is -2.28. The highest BCUT2D eigenvalue weighted by Gasteiger charge is 2.41. The van der Waals surface area contributed by atoms with Crippen molar-refractivity contribution in [3.05, 3.63) is 29.8 Å². The molecule has 1 aliphatic rings. The maximum atomic E-state index is 11.1. The Kier molecular flexibility index (Phi) is 11.9. The van der Waals surface area contributed by atoms with Gasteiger partial charge in [-0.05, 0) is 75.7 Å². The number of hydroxylamine groups is 1. The maximum absolute atomic E-state index is 11.1. The Morgan fingerprint density at radius 3 is 2.44 bits per heavy atom. The highest BCUT2D eigenvalue weighted by atomic mass is 32.2. The van der Waals surface area contributed by atoms with Crippen LogP contribution in [0, 0.1) is 18.8 Å². The molecule has 7 heteroatoms. The van der Waals surface area contributed by atoms with Gasteiger partial charge in [-0.25, -0.2) is 5.48 Å². The first-order valence-electron chi connectivity index (χ1n) is 11.9. The van der Waals surface area contributed by atoms with Gasteiger partial charge in [-0.1, -0.05) is 37.5 Å². The van der Waals surface area contributed by atoms with E-state index in [0.29, 0.717) is 18.1 Å². The van der Waals surface area contributed by atoms with Gasteiger partial charge in [-0.2, -0.15) is 11.8 Å². The Labute approximate surface area is 197 Å². The van der Waals surface area contributed by atoms with Crippen LogP contribution < -0.4 is 10.2 Å². The number of aryl methyl sites for hydroxylation is 1. The third-order valence-electron chi connectivity index (χ3n) is 6.85. The van der Waals surface area contributed by atoms with E-state index in [1.54, 1.807) is 17.2 Å². The Balaban J connectivity index is 1.81. The zero-order chi connectivity index (χ0) is 23.5. The van der Waals surface area contributed by atoms with Crippen molar-refractivity contribution in [1.82, 2.24) is 5.48 Å². The van der Waals surface area contributed by atoms with Gasteiger partial charge in [0, 0.05) is 11.7 Å². The quantitative estimate of drug-likeness (QED) is 0.183. The van der Waals surface area contributed by atoms with Crippen molar-refractivity contribution in [3.8, 4) is 5.75 Å². The van der Waals surface area contributed by atoms with Crippen molar-refractivity contribution in [3.63, 3.8) is 0 Å². The van der Waals surface area contributed by atoms with E-state index in [1.807, 2.05) is 18.2 Å². The fourth-order valence-electron chi connectivity index (χ4n) is 4.92. The zero-order valence-corrected chi connectivity index (χ0v) is 20.5. The molecular weight excluding hydrogens is 426 g/mol. The number of amides is 1. The van der Waals surface area contributed by atoms with E-state index in [-0.39, 0.29) is 23.8 Å². The average molecular weight is 468 g/mol. The molecule has 6 nitrogen and oxygen atoms in total. The third kappa shape index (κ3) is 8.25. The summed E-state index contributed by atoms with van der Waals surface area (Å²) in [6, 6.07) is 8.06. The average Bonchev–Trinajstić information content (AvgIpc) is 3.04. The van der Waals surface area contributed by atoms with Crippen molar-refractivity contribution in [2.24, 2.45) is 11.8 Å². The second-order valence-corrected chi connectivity index (χ2v) is 10.2. The number of ether oxygens (including phenoxy) is 1. The molecule has 4 N–H and O–H groups in total. The number of rotatable bonds is 14. The minimum atomic E-state index is -0.446. The molecule has 2 rings (SSSR count). The van der Waals surface area contributed by atoms with Crippen LogP contribution in [0.25, 0.3) is 0 Å². The lowest BCUT2D eigenvalue weighted by Crippen LogP contribution is -2.29. The van der Waals surface area contributed by atoms with Crippen molar-refractivity contribution in [2.45, 2.75) is 95.2 Å². The third-order valence-corrected chi connectivity index (χ3v) is 8.08. The molecule has 1 fully saturated rings. The molecule has 32 heavy (non-hydrogen) atoms. The van der Waals surface area contributed by atoms with Crippen LogP contribution in [0.3, 0.4) is 0 Å². The molecule has 1 saturated carbocycles. The first-order valence-corrected chi connectivity index (χ1v) is 13.2. The molecule has 1 amide bonds. The fourth-order valence-corrected chi connectivity index (χ4v) is 5.73. The Morgan fingerprint density at radius 1 is 1.12 bits per heavy atom. The van der Waals surface area contributed by atoms with E-state index in [2.05, 4.69) is 26.2 Å². The number of aliphatic hydroxyl groups is 2. The predicted molar refractivity (Wildman–Crippen MR) is 129 cm³/mol. The highest BCUT2D eigenvalue weighted by molar-refractivity contribution is 7.99. The smallest absolute Gasteiger partial charge is 0.243 e. The number of hydrogen-bond acceptors (Lipinski definition) is 6. The lowest BCUT2D eigenvalue weighted by molar-refractivity contribution is -0.129. The van der Waals surface area contributed by atoms with Gasteiger partial charge in [0.05, 0.1) is 12.2 Å². The number of carbonyl (C=O) groups is 1. The molecule has 0 heterocycles. The van der Waals surface area contributed by atoms with Crippen LogP contribution in [-0.4, -0.2) is 51.1 Å². The van der Waals surface area contributed by atoms with E-state index in [9.17, 15) is 15.0 Å². The Morgan fingerprint density at radius 2 is 1.78 bits per heavy atom. The van der Waals surface area contributed by atoms with Gasteiger partial charge in [-0.15, -0.1) is 0 Å². The second kappa shape index (κ2) is 14.1. The first-order chi connectivity index (χ1) is 15.4. The van der Waals surface area contributed by atoms with E-state index in [1.165, 1.54) is 0 Å². The van der Waals surface area contributed by atoms with E-state index in [0.717, 1.165) is 56.3 Å². The number of unbranched alkanes of at least 4 members (excludes halogenated alkanes) is 3. The molecule has 0 bridgehead atoms. The van der Waals surface area contributed by atoms with Crippen LogP contribution >= 0.6 is 11.8 Å². The normalized spacial score (nSPS) is 24.8. The van der Waals surface area contributed by atoms with E-state index >= 15 is 0 Å². The summed E-state index contributed by atoms with van der Waals surface area (Å²) in [7, 11) is 0. The van der Waals surface area contributed by atoms with Crippen LogP contribution in [0.1, 0.15) is 70.3 Å². The summed E-state index contributed by atoms with van der Waals surface area (Å²) in [4.78, 5) is 11.1.